The van der Waals surface area contributed by atoms with E-state index < -0.39 is 0 Å². The molecule has 0 amide bonds. The maximum atomic E-state index is 5.45. The zero-order valence-electron chi connectivity index (χ0n) is 19.3. The van der Waals surface area contributed by atoms with Gasteiger partial charge in [-0.05, 0) is 49.5 Å². The van der Waals surface area contributed by atoms with Gasteiger partial charge >= 0.3 is 0 Å². The van der Waals surface area contributed by atoms with Crippen molar-refractivity contribution < 1.29 is 0 Å². The van der Waals surface area contributed by atoms with E-state index in [0.717, 1.165) is 69.8 Å². The molecule has 2 fully saturated rings. The summed E-state index contributed by atoms with van der Waals surface area (Å²) in [5.74, 6) is 3.33. The minimum Gasteiger partial charge on any atom is -0.368 e. The van der Waals surface area contributed by atoms with Crippen molar-refractivity contribution in [2.24, 2.45) is 5.92 Å². The summed E-state index contributed by atoms with van der Waals surface area (Å²) in [6.07, 6.45) is 3.42. The predicted molar refractivity (Wildman–Crippen MR) is 138 cm³/mol. The Kier molecular flexibility index (Phi) is 7.63. The van der Waals surface area contributed by atoms with Crippen molar-refractivity contribution in [1.82, 2.24) is 15.3 Å². The van der Waals surface area contributed by atoms with Crippen molar-refractivity contribution in [1.29, 1.82) is 0 Å². The van der Waals surface area contributed by atoms with E-state index in [1.165, 1.54) is 18.5 Å². The van der Waals surface area contributed by atoms with Gasteiger partial charge in [0.1, 0.15) is 11.6 Å². The second-order valence-electron chi connectivity index (χ2n) is 8.77. The number of benzene rings is 1. The lowest BCUT2D eigenvalue weighted by Gasteiger charge is -2.37. The monoisotopic (exact) mass is 453 g/mol. The summed E-state index contributed by atoms with van der Waals surface area (Å²) in [5.41, 5.74) is 1.28. The highest BCUT2D eigenvalue weighted by atomic mass is 32.1. The lowest BCUT2D eigenvalue weighted by atomic mass is 9.99. The van der Waals surface area contributed by atoms with Crippen molar-refractivity contribution in [2.75, 3.05) is 65.8 Å². The molecule has 1 aromatic heterocycles. The molecular weight excluding hydrogens is 418 g/mol. The topological polar surface area (TPSA) is 59.6 Å². The van der Waals surface area contributed by atoms with E-state index in [4.69, 9.17) is 22.2 Å². The van der Waals surface area contributed by atoms with Gasteiger partial charge in [-0.3, -0.25) is 0 Å². The molecule has 0 atom stereocenters. The van der Waals surface area contributed by atoms with Gasteiger partial charge in [0.25, 0.3) is 0 Å². The summed E-state index contributed by atoms with van der Waals surface area (Å²) in [4.78, 5) is 16.9. The maximum absolute atomic E-state index is 5.45. The molecule has 0 aliphatic carbocycles. The molecule has 0 radical (unpaired) electrons. The van der Waals surface area contributed by atoms with Crippen LogP contribution < -0.4 is 25.3 Å². The molecule has 2 saturated heterocycles. The van der Waals surface area contributed by atoms with Crippen LogP contribution >= 0.6 is 12.2 Å². The minimum absolute atomic E-state index is 0.579. The molecule has 8 heteroatoms. The highest BCUT2D eigenvalue weighted by Crippen LogP contribution is 2.27. The van der Waals surface area contributed by atoms with Crippen molar-refractivity contribution in [3.05, 3.63) is 36.4 Å². The van der Waals surface area contributed by atoms with Crippen molar-refractivity contribution in [2.45, 2.75) is 33.1 Å². The zero-order chi connectivity index (χ0) is 22.3. The van der Waals surface area contributed by atoms with Crippen LogP contribution in [0.25, 0.3) is 0 Å². The summed E-state index contributed by atoms with van der Waals surface area (Å²) in [6, 6.07) is 12.8. The third kappa shape index (κ3) is 5.79. The average molecular weight is 454 g/mol. The van der Waals surface area contributed by atoms with Gasteiger partial charge in [0, 0.05) is 57.6 Å². The van der Waals surface area contributed by atoms with Gasteiger partial charge in [-0.1, -0.05) is 32.0 Å². The molecule has 2 aliphatic rings. The van der Waals surface area contributed by atoms with E-state index in [0.29, 0.717) is 11.1 Å². The number of thiocarbonyl (C=S) groups is 1. The molecule has 0 spiro atoms. The first-order valence-corrected chi connectivity index (χ1v) is 12.3. The summed E-state index contributed by atoms with van der Waals surface area (Å²) in [7, 11) is 0. The van der Waals surface area contributed by atoms with Crippen LogP contribution in [0.1, 0.15) is 33.1 Å². The van der Waals surface area contributed by atoms with Crippen LogP contribution in [-0.2, 0) is 0 Å². The number of piperazine rings is 1. The van der Waals surface area contributed by atoms with Gasteiger partial charge in [-0.15, -0.1) is 0 Å². The van der Waals surface area contributed by atoms with Gasteiger partial charge in [-0.25, -0.2) is 0 Å². The van der Waals surface area contributed by atoms with Gasteiger partial charge in [-0.2, -0.15) is 9.97 Å². The number of nitrogens with zero attached hydrogens (tertiary/aromatic N) is 5. The molecule has 1 aromatic carbocycles. The Labute approximate surface area is 197 Å². The fraction of sp³-hybridized carbons (Fsp3) is 0.542. The zero-order valence-corrected chi connectivity index (χ0v) is 20.1. The predicted octanol–water partition coefficient (Wildman–Crippen LogP) is 3.74. The number of nitrogens with one attached hydrogen (secondary N) is 2. The molecular formula is C24H35N7S. The quantitative estimate of drug-likeness (QED) is 0.642. The van der Waals surface area contributed by atoms with E-state index in [9.17, 15) is 0 Å². The maximum Gasteiger partial charge on any atom is 0.232 e. The Morgan fingerprint density at radius 3 is 2.16 bits per heavy atom. The number of piperidine rings is 1. The summed E-state index contributed by atoms with van der Waals surface area (Å²) in [5, 5.41) is 7.01. The molecule has 2 aliphatic heterocycles. The largest absolute Gasteiger partial charge is 0.368 e. The van der Waals surface area contributed by atoms with Crippen LogP contribution in [-0.4, -0.2) is 60.9 Å². The molecule has 32 heavy (non-hydrogen) atoms. The van der Waals surface area contributed by atoms with E-state index >= 15 is 0 Å². The van der Waals surface area contributed by atoms with Crippen molar-refractivity contribution >= 4 is 40.6 Å². The molecule has 0 unspecified atom stereocenters. The van der Waals surface area contributed by atoms with E-state index in [2.05, 4.69) is 75.6 Å². The van der Waals surface area contributed by atoms with Crippen LogP contribution in [0.4, 0.5) is 23.3 Å². The molecule has 4 rings (SSSR count). The Morgan fingerprint density at radius 2 is 1.53 bits per heavy atom. The molecule has 2 aromatic rings. The lowest BCUT2D eigenvalue weighted by molar-refractivity contribution is 0.436. The Hall–Kier alpha value is -2.61. The van der Waals surface area contributed by atoms with Crippen LogP contribution in [0.2, 0.25) is 0 Å². The number of hydrogen-bond acceptors (Lipinski definition) is 6. The van der Waals surface area contributed by atoms with Crippen LogP contribution in [0, 0.1) is 5.92 Å². The lowest BCUT2D eigenvalue weighted by Crippen LogP contribution is -2.47. The van der Waals surface area contributed by atoms with Crippen LogP contribution in [0.15, 0.2) is 36.4 Å². The number of rotatable bonds is 6. The highest BCUT2D eigenvalue weighted by Gasteiger charge is 2.23. The average Bonchev–Trinajstić information content (AvgIpc) is 2.83. The SMILES string of the molecule is CCCNC(=S)Nc1nc(N2CCC(C)CC2)cc(N2CCN(c3ccccc3)CC2)n1. The first-order chi connectivity index (χ1) is 15.6. The number of aromatic nitrogens is 2. The van der Waals surface area contributed by atoms with Gasteiger partial charge in [0.15, 0.2) is 5.11 Å². The Balaban J connectivity index is 1.50. The fourth-order valence-corrected chi connectivity index (χ4v) is 4.45. The first kappa shape index (κ1) is 22.6. The molecule has 0 bridgehead atoms. The smallest absolute Gasteiger partial charge is 0.232 e. The number of hydrogen-bond donors (Lipinski definition) is 2. The second-order valence-corrected chi connectivity index (χ2v) is 9.18. The number of para-hydroxylation sites is 1. The van der Waals surface area contributed by atoms with Crippen molar-refractivity contribution in [3.63, 3.8) is 0 Å². The van der Waals surface area contributed by atoms with Gasteiger partial charge < -0.3 is 25.3 Å². The number of anilines is 4. The van der Waals surface area contributed by atoms with Crippen LogP contribution in [0.5, 0.6) is 0 Å². The molecule has 172 valence electrons. The normalized spacial score (nSPS) is 17.4. The van der Waals surface area contributed by atoms with E-state index in [1.807, 2.05) is 0 Å². The Morgan fingerprint density at radius 1 is 0.938 bits per heavy atom. The second kappa shape index (κ2) is 10.8. The highest BCUT2D eigenvalue weighted by molar-refractivity contribution is 7.80. The molecule has 7 nitrogen and oxygen atoms in total. The third-order valence-electron chi connectivity index (χ3n) is 6.29. The summed E-state index contributed by atoms with van der Waals surface area (Å²) >= 11 is 5.45. The standard InChI is InChI=1S/C24H35N7S/c1-3-11-25-24(32)28-23-26-21(30-12-9-19(2)10-13-30)18-22(27-23)31-16-14-29(15-17-31)20-7-5-4-6-8-20/h4-8,18-19H,3,9-17H2,1-2H3,(H2,25,26,27,28,32). The minimum atomic E-state index is 0.579. The van der Waals surface area contributed by atoms with Gasteiger partial charge in [0.05, 0.1) is 0 Å². The van der Waals surface area contributed by atoms with Crippen molar-refractivity contribution in [3.8, 4) is 0 Å². The summed E-state index contributed by atoms with van der Waals surface area (Å²) < 4.78 is 0. The van der Waals surface area contributed by atoms with E-state index in [1.54, 1.807) is 0 Å². The van der Waals surface area contributed by atoms with Gasteiger partial charge in [0.2, 0.25) is 5.95 Å². The summed E-state index contributed by atoms with van der Waals surface area (Å²) in [6.45, 7) is 11.2. The van der Waals surface area contributed by atoms with E-state index in [-0.39, 0.29) is 0 Å². The third-order valence-corrected chi connectivity index (χ3v) is 6.54. The molecule has 2 N–H and O–H groups in total. The Bertz CT molecular complexity index is 875. The first-order valence-electron chi connectivity index (χ1n) is 11.9. The van der Waals surface area contributed by atoms with Crippen LogP contribution in [0.3, 0.4) is 0 Å². The molecule has 3 heterocycles. The molecule has 0 saturated carbocycles. The fourth-order valence-electron chi connectivity index (χ4n) is 4.26.